The second kappa shape index (κ2) is 3.69. The summed E-state index contributed by atoms with van der Waals surface area (Å²) < 4.78 is 0. The zero-order valence-electron chi connectivity index (χ0n) is 9.30. The third-order valence-electron chi connectivity index (χ3n) is 2.90. The Bertz CT molecular complexity index is 272. The number of Topliss-reactive ketones (excluding diaryl/α,β-unsaturated/α-hetero) is 1. The molecule has 0 heterocycles. The molecule has 74 valence electrons. The van der Waals surface area contributed by atoms with Crippen molar-refractivity contribution in [1.82, 2.24) is 0 Å². The smallest absolute Gasteiger partial charge is 0.297 e. The number of hydrogen-bond donors (Lipinski definition) is 0. The van der Waals surface area contributed by atoms with Crippen molar-refractivity contribution < 1.29 is 9.58 Å². The fourth-order valence-electron chi connectivity index (χ4n) is 0.991. The quantitative estimate of drug-likeness (QED) is 0.306. The van der Waals surface area contributed by atoms with Crippen LogP contribution in [0.4, 0.5) is 0 Å². The molecule has 0 aliphatic carbocycles. The van der Waals surface area contributed by atoms with Crippen LogP contribution in [-0.2, 0) is 4.79 Å². The molecule has 13 heavy (non-hydrogen) atoms. The predicted octanol–water partition coefficient (Wildman–Crippen LogP) is 1.91. The first-order valence-electron chi connectivity index (χ1n) is 4.38. The van der Waals surface area contributed by atoms with Crippen molar-refractivity contribution in [2.45, 2.75) is 39.7 Å². The molecule has 0 aliphatic rings. The molecule has 0 aromatic rings. The Balaban J connectivity index is 5.27. The van der Waals surface area contributed by atoms with Crippen LogP contribution in [0.1, 0.15) is 6.92 Å². The van der Waals surface area contributed by atoms with Crippen molar-refractivity contribution in [2.75, 3.05) is 0 Å². The van der Waals surface area contributed by atoms with Crippen LogP contribution in [0.25, 0.3) is 5.53 Å². The lowest BCUT2D eigenvalue weighted by atomic mass is 10.5. The maximum absolute atomic E-state index is 11.2. The summed E-state index contributed by atoms with van der Waals surface area (Å²) in [4.78, 5) is 14.4. The monoisotopic (exact) mass is 214 g/mol. The highest BCUT2D eigenvalue weighted by Gasteiger charge is 2.49. The molecule has 0 aromatic carbocycles. The molecule has 0 aromatic heterocycles. The van der Waals surface area contributed by atoms with Crippen LogP contribution >= 0.6 is 0 Å². The maximum Gasteiger partial charge on any atom is 0.297 e. The van der Waals surface area contributed by atoms with Gasteiger partial charge in [-0.2, -0.15) is 4.79 Å². The van der Waals surface area contributed by atoms with Crippen LogP contribution in [0.15, 0.2) is 0 Å². The van der Waals surface area contributed by atoms with Crippen molar-refractivity contribution in [2.24, 2.45) is 0 Å². The van der Waals surface area contributed by atoms with Gasteiger partial charge >= 0.3 is 0 Å². The minimum absolute atomic E-state index is 0.0819. The second-order valence-corrected chi connectivity index (χ2v) is 21.4. The van der Waals surface area contributed by atoms with Crippen LogP contribution in [0, 0.1) is 0 Å². The molecule has 0 fully saturated rings. The fraction of sp³-hybridized carbons (Fsp3) is 0.750. The highest BCUT2D eigenvalue weighted by molar-refractivity contribution is 7.53. The Hall–Kier alpha value is -0.516. The van der Waals surface area contributed by atoms with Crippen LogP contribution in [-0.4, -0.2) is 31.1 Å². The highest BCUT2D eigenvalue weighted by Crippen LogP contribution is 2.19. The lowest BCUT2D eigenvalue weighted by Gasteiger charge is -2.29. The van der Waals surface area contributed by atoms with Crippen molar-refractivity contribution in [1.29, 1.82) is 0 Å². The van der Waals surface area contributed by atoms with Gasteiger partial charge in [-0.1, -0.05) is 32.7 Å². The summed E-state index contributed by atoms with van der Waals surface area (Å²) in [6.07, 6.45) is 0. The largest absolute Gasteiger partial charge is 0.362 e. The van der Waals surface area contributed by atoms with E-state index in [9.17, 15) is 4.79 Å². The minimum Gasteiger partial charge on any atom is -0.362 e. The van der Waals surface area contributed by atoms with Gasteiger partial charge in [-0.05, 0) is 0 Å². The van der Waals surface area contributed by atoms with E-state index in [2.05, 4.69) is 37.5 Å². The van der Waals surface area contributed by atoms with E-state index >= 15 is 0 Å². The topological polar surface area (TPSA) is 53.5 Å². The average Bonchev–Trinajstić information content (AvgIpc) is 1.83. The molecule has 0 aliphatic heterocycles. The SMILES string of the molecule is CC(=O)C(=[N+]=[N-])[Si](C)(C)[Si](C)(C)C. The van der Waals surface area contributed by atoms with Gasteiger partial charge in [-0.25, -0.2) is 0 Å². The molecule has 5 heteroatoms. The van der Waals surface area contributed by atoms with Crippen molar-refractivity contribution in [3.63, 3.8) is 0 Å². The first kappa shape index (κ1) is 12.5. The third kappa shape index (κ3) is 2.46. The Kier molecular flexibility index (Phi) is 3.55. The number of carbonyl (C=O) groups excluding carboxylic acids is 1. The van der Waals surface area contributed by atoms with E-state index in [1.807, 2.05) is 0 Å². The van der Waals surface area contributed by atoms with E-state index in [0.29, 0.717) is 5.33 Å². The summed E-state index contributed by atoms with van der Waals surface area (Å²) >= 11 is 0. The molecule has 0 bridgehead atoms. The zero-order valence-corrected chi connectivity index (χ0v) is 11.3. The first-order chi connectivity index (χ1) is 5.64. The fourth-order valence-corrected chi connectivity index (χ4v) is 5.64. The molecule has 0 spiro atoms. The van der Waals surface area contributed by atoms with Crippen molar-refractivity contribution >= 4 is 26.3 Å². The van der Waals surface area contributed by atoms with Gasteiger partial charge in [0.2, 0.25) is 5.78 Å². The Morgan fingerprint density at radius 3 is 1.62 bits per heavy atom. The Morgan fingerprint density at radius 1 is 1.15 bits per heavy atom. The summed E-state index contributed by atoms with van der Waals surface area (Å²) in [6, 6.07) is 0. The summed E-state index contributed by atoms with van der Waals surface area (Å²) in [6.45, 7) is 12.3. The molecule has 0 amide bonds. The molecular formula is C8H18N2OSi2. The van der Waals surface area contributed by atoms with Gasteiger partial charge in [0.05, 0.1) is 7.59 Å². The number of rotatable bonds is 3. The van der Waals surface area contributed by atoms with Crippen LogP contribution < -0.4 is 0 Å². The molecule has 0 saturated carbocycles. The summed E-state index contributed by atoms with van der Waals surface area (Å²) in [7, 11) is -3.21. The zero-order chi connectivity index (χ0) is 10.9. The van der Waals surface area contributed by atoms with Gasteiger partial charge in [0.15, 0.2) is 7.59 Å². The second-order valence-electron chi connectivity index (χ2n) is 4.88. The highest BCUT2D eigenvalue weighted by atomic mass is 29.3. The van der Waals surface area contributed by atoms with Gasteiger partial charge in [-0.3, -0.25) is 4.79 Å². The van der Waals surface area contributed by atoms with Crippen LogP contribution in [0.5, 0.6) is 0 Å². The minimum atomic E-state index is -1.81. The van der Waals surface area contributed by atoms with Crippen LogP contribution in [0.3, 0.4) is 0 Å². The Labute approximate surface area is 81.6 Å². The van der Waals surface area contributed by atoms with Gasteiger partial charge in [0.25, 0.3) is 5.33 Å². The van der Waals surface area contributed by atoms with Crippen molar-refractivity contribution in [3.8, 4) is 0 Å². The molecule has 3 nitrogen and oxygen atoms in total. The van der Waals surface area contributed by atoms with Crippen LogP contribution in [0.2, 0.25) is 32.7 Å². The van der Waals surface area contributed by atoms with Gasteiger partial charge in [0.1, 0.15) is 0 Å². The van der Waals surface area contributed by atoms with Gasteiger partial charge in [0, 0.05) is 6.92 Å². The Morgan fingerprint density at radius 2 is 1.54 bits per heavy atom. The number of carbonyl (C=O) groups is 1. The predicted molar refractivity (Wildman–Crippen MR) is 60.1 cm³/mol. The van der Waals surface area contributed by atoms with E-state index in [0.717, 1.165) is 0 Å². The number of nitrogens with zero attached hydrogens (tertiary/aromatic N) is 2. The van der Waals surface area contributed by atoms with Crippen molar-refractivity contribution in [3.05, 3.63) is 5.53 Å². The van der Waals surface area contributed by atoms with Gasteiger partial charge < -0.3 is 5.53 Å². The molecular weight excluding hydrogens is 196 g/mol. The standard InChI is InChI=1S/C8H18N2OSi2/c1-7(11)8(10-9)13(5,6)12(2,3)4/h1-6H3. The molecule has 0 unspecified atom stereocenters. The molecule has 0 N–H and O–H groups in total. The molecule has 0 radical (unpaired) electrons. The van der Waals surface area contributed by atoms with E-state index in [1.54, 1.807) is 0 Å². The molecule has 0 atom stereocenters. The first-order valence-corrected chi connectivity index (χ1v) is 11.9. The van der Waals surface area contributed by atoms with Gasteiger partial charge in [-0.15, -0.1) is 0 Å². The summed E-state index contributed by atoms with van der Waals surface area (Å²) in [5.41, 5.74) is 8.82. The third-order valence-corrected chi connectivity index (χ3v) is 20.2. The maximum atomic E-state index is 11.2. The summed E-state index contributed by atoms with van der Waals surface area (Å²) in [5.74, 6) is -0.0819. The number of ketones is 1. The summed E-state index contributed by atoms with van der Waals surface area (Å²) in [5, 5.41) is 0.437. The lowest BCUT2D eigenvalue weighted by Crippen LogP contribution is -2.61. The average molecular weight is 214 g/mol. The van der Waals surface area contributed by atoms with E-state index in [-0.39, 0.29) is 5.78 Å². The number of hydrogen-bond acceptors (Lipinski definition) is 1. The molecule has 0 rings (SSSR count). The molecule has 0 saturated heterocycles. The lowest BCUT2D eigenvalue weighted by molar-refractivity contribution is -0.114. The van der Waals surface area contributed by atoms with E-state index in [4.69, 9.17) is 5.53 Å². The van der Waals surface area contributed by atoms with E-state index in [1.165, 1.54) is 6.92 Å². The normalized spacial score (nSPS) is 12.2. The van der Waals surface area contributed by atoms with E-state index < -0.39 is 15.2 Å².